The monoisotopic (exact) mass is 374 g/mol. The molecule has 0 aliphatic carbocycles. The highest BCUT2D eigenvalue weighted by molar-refractivity contribution is 6.02. The van der Waals surface area contributed by atoms with Crippen molar-refractivity contribution in [1.29, 1.82) is 0 Å². The van der Waals surface area contributed by atoms with Gasteiger partial charge in [-0.15, -0.1) is 0 Å². The van der Waals surface area contributed by atoms with Crippen molar-refractivity contribution in [3.05, 3.63) is 35.9 Å². The maximum atomic E-state index is 12.7. The normalized spacial score (nSPS) is 17.7. The second kappa shape index (κ2) is 10.4. The second-order valence-corrected chi connectivity index (χ2v) is 6.57. The molecule has 0 saturated carbocycles. The molecular formula is C19H26N4O4. The largest absolute Gasteiger partial charge is 0.344 e. The third kappa shape index (κ3) is 6.82. The van der Waals surface area contributed by atoms with E-state index in [4.69, 9.17) is 5.73 Å². The van der Waals surface area contributed by atoms with Crippen LogP contribution in [0.1, 0.15) is 37.7 Å². The smallest absolute Gasteiger partial charge is 0.249 e. The van der Waals surface area contributed by atoms with E-state index in [1.165, 1.54) is 0 Å². The van der Waals surface area contributed by atoms with Gasteiger partial charge in [0, 0.05) is 19.3 Å². The number of nitrogens with one attached hydrogen (secondary N) is 3. The molecule has 1 aromatic carbocycles. The predicted octanol–water partition coefficient (Wildman–Crippen LogP) is -0.236. The Hall–Kier alpha value is -2.74. The molecule has 2 rings (SSSR count). The molecule has 2 atom stereocenters. The predicted molar refractivity (Wildman–Crippen MR) is 99.3 cm³/mol. The number of nitrogens with two attached hydrogens (primary N) is 1. The number of hydrogen-bond acceptors (Lipinski definition) is 5. The standard InChI is InChI=1S/C19H26N4O4/c20-11-5-4-8-16(24)21-15(12-13-6-2-1-3-7-13)19(27)22-14-9-10-17(25)23-18(14)26/h1-3,6-7,14-15H,4-5,8-12,20H2,(H,21,24)(H,22,27)(H,23,25,26)/t14-,15-/m0/s1. The van der Waals surface area contributed by atoms with Gasteiger partial charge in [0.25, 0.3) is 0 Å². The van der Waals surface area contributed by atoms with Crippen molar-refractivity contribution in [2.75, 3.05) is 6.54 Å². The highest BCUT2D eigenvalue weighted by Crippen LogP contribution is 2.08. The minimum absolute atomic E-state index is 0.172. The Morgan fingerprint density at radius 2 is 1.93 bits per heavy atom. The first-order valence-corrected chi connectivity index (χ1v) is 9.17. The average Bonchev–Trinajstić information content (AvgIpc) is 2.64. The molecule has 1 heterocycles. The highest BCUT2D eigenvalue weighted by atomic mass is 16.2. The zero-order valence-corrected chi connectivity index (χ0v) is 15.2. The zero-order valence-electron chi connectivity index (χ0n) is 15.2. The van der Waals surface area contributed by atoms with E-state index in [9.17, 15) is 19.2 Å². The number of rotatable bonds is 9. The van der Waals surface area contributed by atoms with Crippen LogP contribution in [0.2, 0.25) is 0 Å². The van der Waals surface area contributed by atoms with E-state index in [2.05, 4.69) is 16.0 Å². The van der Waals surface area contributed by atoms with Gasteiger partial charge in [0.05, 0.1) is 0 Å². The van der Waals surface area contributed by atoms with Crippen LogP contribution >= 0.6 is 0 Å². The van der Waals surface area contributed by atoms with Crippen LogP contribution in [0.5, 0.6) is 0 Å². The van der Waals surface area contributed by atoms with Crippen LogP contribution < -0.4 is 21.7 Å². The number of amides is 4. The first-order valence-electron chi connectivity index (χ1n) is 9.17. The minimum Gasteiger partial charge on any atom is -0.344 e. The lowest BCUT2D eigenvalue weighted by atomic mass is 10.0. The molecular weight excluding hydrogens is 348 g/mol. The Morgan fingerprint density at radius 1 is 1.19 bits per heavy atom. The van der Waals surface area contributed by atoms with Crippen molar-refractivity contribution in [2.45, 2.75) is 50.6 Å². The number of imide groups is 1. The van der Waals surface area contributed by atoms with Gasteiger partial charge in [-0.1, -0.05) is 30.3 Å². The fraction of sp³-hybridized carbons (Fsp3) is 0.474. The number of carbonyl (C=O) groups is 4. The van der Waals surface area contributed by atoms with Crippen LogP contribution in [-0.2, 0) is 25.6 Å². The van der Waals surface area contributed by atoms with Crippen molar-refractivity contribution in [3.8, 4) is 0 Å². The van der Waals surface area contributed by atoms with Crippen molar-refractivity contribution < 1.29 is 19.2 Å². The van der Waals surface area contributed by atoms with Crippen LogP contribution in [0, 0.1) is 0 Å². The molecule has 0 radical (unpaired) electrons. The third-order valence-electron chi connectivity index (χ3n) is 4.35. The zero-order chi connectivity index (χ0) is 19.6. The summed E-state index contributed by atoms with van der Waals surface area (Å²) >= 11 is 0. The van der Waals surface area contributed by atoms with E-state index in [0.29, 0.717) is 19.4 Å². The Morgan fingerprint density at radius 3 is 2.59 bits per heavy atom. The molecule has 1 aromatic rings. The first-order chi connectivity index (χ1) is 13.0. The molecule has 0 aromatic heterocycles. The summed E-state index contributed by atoms with van der Waals surface area (Å²) in [6.07, 6.45) is 2.40. The summed E-state index contributed by atoms with van der Waals surface area (Å²) < 4.78 is 0. The minimum atomic E-state index is -0.803. The molecule has 27 heavy (non-hydrogen) atoms. The van der Waals surface area contributed by atoms with Crippen molar-refractivity contribution in [1.82, 2.24) is 16.0 Å². The average molecular weight is 374 g/mol. The van der Waals surface area contributed by atoms with Gasteiger partial charge in [0.15, 0.2) is 0 Å². The Labute approximate surface area is 158 Å². The molecule has 1 fully saturated rings. The van der Waals surface area contributed by atoms with Gasteiger partial charge < -0.3 is 16.4 Å². The second-order valence-electron chi connectivity index (χ2n) is 6.57. The fourth-order valence-electron chi connectivity index (χ4n) is 2.86. The van der Waals surface area contributed by atoms with E-state index in [-0.39, 0.29) is 31.1 Å². The molecule has 146 valence electrons. The maximum Gasteiger partial charge on any atom is 0.249 e. The molecule has 0 spiro atoms. The number of carbonyl (C=O) groups excluding carboxylic acids is 4. The van der Waals surface area contributed by atoms with Crippen molar-refractivity contribution in [3.63, 3.8) is 0 Å². The van der Waals surface area contributed by atoms with Crippen molar-refractivity contribution in [2.24, 2.45) is 5.73 Å². The van der Waals surface area contributed by atoms with Gasteiger partial charge in [0.2, 0.25) is 23.6 Å². The molecule has 1 aliphatic heterocycles. The number of benzene rings is 1. The number of piperidine rings is 1. The molecule has 0 unspecified atom stereocenters. The van der Waals surface area contributed by atoms with E-state index in [1.807, 2.05) is 30.3 Å². The van der Waals surface area contributed by atoms with Crippen LogP contribution in [0.3, 0.4) is 0 Å². The molecule has 1 saturated heterocycles. The van der Waals surface area contributed by atoms with Crippen LogP contribution in [0.15, 0.2) is 30.3 Å². The van der Waals surface area contributed by atoms with E-state index in [0.717, 1.165) is 12.0 Å². The van der Waals surface area contributed by atoms with Gasteiger partial charge in [-0.3, -0.25) is 24.5 Å². The van der Waals surface area contributed by atoms with E-state index in [1.54, 1.807) is 0 Å². The lowest BCUT2D eigenvalue weighted by Crippen LogP contribution is -2.57. The highest BCUT2D eigenvalue weighted by Gasteiger charge is 2.30. The Kier molecular flexibility index (Phi) is 7.94. The van der Waals surface area contributed by atoms with Gasteiger partial charge in [-0.05, 0) is 31.4 Å². The third-order valence-corrected chi connectivity index (χ3v) is 4.35. The summed E-state index contributed by atoms with van der Waals surface area (Å²) in [5, 5.41) is 7.60. The maximum absolute atomic E-state index is 12.7. The molecule has 4 amide bonds. The summed E-state index contributed by atoms with van der Waals surface area (Å²) in [6.45, 7) is 0.511. The number of unbranched alkanes of at least 4 members (excludes halogenated alkanes) is 1. The van der Waals surface area contributed by atoms with Gasteiger partial charge in [-0.2, -0.15) is 0 Å². The van der Waals surface area contributed by atoms with Gasteiger partial charge in [-0.25, -0.2) is 0 Å². The summed E-state index contributed by atoms with van der Waals surface area (Å²) in [4.78, 5) is 48.0. The molecule has 8 heteroatoms. The SMILES string of the molecule is NCCCCC(=O)N[C@@H](Cc1ccccc1)C(=O)N[C@H]1CCC(=O)NC1=O. The van der Waals surface area contributed by atoms with E-state index >= 15 is 0 Å². The lowest BCUT2D eigenvalue weighted by molar-refractivity contribution is -0.137. The Bertz CT molecular complexity index is 678. The van der Waals surface area contributed by atoms with Crippen molar-refractivity contribution >= 4 is 23.6 Å². The molecule has 0 bridgehead atoms. The summed E-state index contributed by atoms with van der Waals surface area (Å²) in [7, 11) is 0. The summed E-state index contributed by atoms with van der Waals surface area (Å²) in [6, 6.07) is 7.74. The number of hydrogen-bond donors (Lipinski definition) is 4. The first kappa shape index (κ1) is 20.6. The van der Waals surface area contributed by atoms with Crippen LogP contribution in [0.25, 0.3) is 0 Å². The Balaban J connectivity index is 2.01. The summed E-state index contributed by atoms with van der Waals surface area (Å²) in [5.41, 5.74) is 6.33. The van der Waals surface area contributed by atoms with Crippen LogP contribution in [0.4, 0.5) is 0 Å². The van der Waals surface area contributed by atoms with E-state index < -0.39 is 23.9 Å². The van der Waals surface area contributed by atoms with Crippen LogP contribution in [-0.4, -0.2) is 42.3 Å². The quantitative estimate of drug-likeness (QED) is 0.350. The summed E-state index contributed by atoms with van der Waals surface area (Å²) in [5.74, 6) is -1.55. The lowest BCUT2D eigenvalue weighted by Gasteiger charge is -2.25. The molecule has 1 aliphatic rings. The topological polar surface area (TPSA) is 130 Å². The van der Waals surface area contributed by atoms with Gasteiger partial charge >= 0.3 is 0 Å². The van der Waals surface area contributed by atoms with Gasteiger partial charge in [0.1, 0.15) is 12.1 Å². The molecule has 5 N–H and O–H groups in total. The fourth-order valence-corrected chi connectivity index (χ4v) is 2.86. The molecule has 8 nitrogen and oxygen atoms in total.